The number of aromatic nitrogens is 3. The number of hydrogen-bond acceptors (Lipinski definition) is 7. The zero-order valence-electron chi connectivity index (χ0n) is 15.4. The maximum Gasteiger partial charge on any atom is 0.244 e. The maximum absolute atomic E-state index is 12.8. The van der Waals surface area contributed by atoms with Crippen LogP contribution in [0.4, 0.5) is 11.9 Å². The molecule has 2 saturated carbocycles. The van der Waals surface area contributed by atoms with Crippen LogP contribution in [0, 0.1) is 23.7 Å². The summed E-state index contributed by atoms with van der Waals surface area (Å²) in [6, 6.07) is 0. The van der Waals surface area contributed by atoms with Gasteiger partial charge in [0.05, 0.1) is 23.7 Å². The maximum atomic E-state index is 12.8. The highest BCUT2D eigenvalue weighted by Gasteiger charge is 2.52. The fraction of sp³-hybridized carbons (Fsp3) is 0.632. The van der Waals surface area contributed by atoms with Gasteiger partial charge in [-0.1, -0.05) is 25.7 Å². The van der Waals surface area contributed by atoms with E-state index in [9.17, 15) is 19.2 Å². The highest BCUT2D eigenvalue weighted by Crippen LogP contribution is 2.41. The molecule has 28 heavy (non-hydrogen) atoms. The number of carbonyl (C=O) groups is 4. The topological polar surface area (TPSA) is 113 Å². The smallest absolute Gasteiger partial charge is 0.244 e. The molecule has 2 aliphatic heterocycles. The third-order valence-electron chi connectivity index (χ3n) is 6.63. The van der Waals surface area contributed by atoms with E-state index in [1.807, 2.05) is 0 Å². The Labute approximate surface area is 161 Å². The Bertz CT molecular complexity index is 772. The average molecular weight is 383 g/mol. The first-order valence-electron chi connectivity index (χ1n) is 10.0. The van der Waals surface area contributed by atoms with Gasteiger partial charge in [0.15, 0.2) is 0 Å². The normalized spacial score (nSPS) is 32.7. The van der Waals surface area contributed by atoms with Crippen molar-refractivity contribution in [2.45, 2.75) is 51.4 Å². The van der Waals surface area contributed by atoms with E-state index in [0.717, 1.165) is 41.8 Å². The molecule has 4 fully saturated rings. The predicted molar refractivity (Wildman–Crippen MR) is 95.7 cm³/mol. The second-order valence-corrected chi connectivity index (χ2v) is 8.10. The third kappa shape index (κ3) is 2.41. The Kier molecular flexibility index (Phi) is 3.99. The van der Waals surface area contributed by atoms with Gasteiger partial charge in [-0.05, 0) is 25.7 Å². The van der Waals surface area contributed by atoms with Crippen molar-refractivity contribution in [3.63, 3.8) is 0 Å². The van der Waals surface area contributed by atoms with Crippen molar-refractivity contribution in [2.24, 2.45) is 23.7 Å². The average Bonchev–Trinajstić information content (AvgIpc) is 3.13. The van der Waals surface area contributed by atoms with Crippen LogP contribution < -0.4 is 9.80 Å². The van der Waals surface area contributed by atoms with Gasteiger partial charge < -0.3 is 0 Å². The summed E-state index contributed by atoms with van der Waals surface area (Å²) in [6.07, 6.45) is 7.62. The van der Waals surface area contributed by atoms with Gasteiger partial charge >= 0.3 is 0 Å². The van der Waals surface area contributed by atoms with E-state index in [4.69, 9.17) is 0 Å². The van der Waals surface area contributed by atoms with E-state index >= 15 is 0 Å². The van der Waals surface area contributed by atoms with Gasteiger partial charge in [-0.15, -0.1) is 0 Å². The van der Waals surface area contributed by atoms with Crippen molar-refractivity contribution in [1.29, 1.82) is 0 Å². The Hall–Kier alpha value is -2.71. The monoisotopic (exact) mass is 383 g/mol. The first-order chi connectivity index (χ1) is 13.6. The van der Waals surface area contributed by atoms with Crippen molar-refractivity contribution in [3.8, 4) is 0 Å². The van der Waals surface area contributed by atoms with E-state index in [2.05, 4.69) is 15.0 Å². The molecule has 4 unspecified atom stereocenters. The van der Waals surface area contributed by atoms with Crippen LogP contribution in [-0.2, 0) is 19.2 Å². The summed E-state index contributed by atoms with van der Waals surface area (Å²) in [5, 5.41) is 0. The molecule has 5 rings (SSSR count). The molecule has 1 aromatic rings. The van der Waals surface area contributed by atoms with Gasteiger partial charge in [0.1, 0.15) is 6.33 Å². The van der Waals surface area contributed by atoms with E-state index in [0.29, 0.717) is 25.7 Å². The lowest BCUT2D eigenvalue weighted by Crippen LogP contribution is -2.35. The van der Waals surface area contributed by atoms with Crippen LogP contribution >= 0.6 is 0 Å². The number of hydrogen-bond donors (Lipinski definition) is 0. The Balaban J connectivity index is 1.47. The minimum absolute atomic E-state index is 0.0927. The first kappa shape index (κ1) is 17.4. The molecular weight excluding hydrogens is 362 g/mol. The van der Waals surface area contributed by atoms with Crippen molar-refractivity contribution in [2.75, 3.05) is 9.80 Å². The second kappa shape index (κ2) is 6.42. The molecule has 2 saturated heterocycles. The number of fused-ring (bicyclic) bond motifs is 2. The fourth-order valence-electron chi connectivity index (χ4n) is 5.21. The number of rotatable bonds is 2. The summed E-state index contributed by atoms with van der Waals surface area (Å²) < 4.78 is 0. The van der Waals surface area contributed by atoms with Crippen LogP contribution in [0.5, 0.6) is 0 Å². The number of anilines is 2. The molecule has 4 aliphatic rings. The minimum Gasteiger partial charge on any atom is -0.274 e. The van der Waals surface area contributed by atoms with Crippen molar-refractivity contribution in [3.05, 3.63) is 6.33 Å². The molecule has 9 heteroatoms. The van der Waals surface area contributed by atoms with Crippen LogP contribution in [0.25, 0.3) is 0 Å². The molecule has 1 aromatic heterocycles. The fourth-order valence-corrected chi connectivity index (χ4v) is 5.21. The standard InChI is InChI=1S/C19H21N5O4/c25-14-10-5-1-2-6-11(10)15(26)23(14)18-20-9-21-19(22-18)24-16(27)12-7-3-4-8-13(12)17(24)28/h9-13H,1-8H2. The highest BCUT2D eigenvalue weighted by atomic mass is 16.2. The zero-order chi connectivity index (χ0) is 19.4. The lowest BCUT2D eigenvalue weighted by Gasteiger charge is -2.19. The van der Waals surface area contributed by atoms with Gasteiger partial charge in [-0.3, -0.25) is 19.2 Å². The summed E-state index contributed by atoms with van der Waals surface area (Å²) in [5.74, 6) is -2.63. The lowest BCUT2D eigenvalue weighted by atomic mass is 9.81. The van der Waals surface area contributed by atoms with Gasteiger partial charge in [0.2, 0.25) is 35.5 Å². The SMILES string of the molecule is O=C1C2CCCCC2C(=O)N1c1ncnc(N2C(=O)C3CCCCC3C2=O)n1. The van der Waals surface area contributed by atoms with Gasteiger partial charge in [-0.2, -0.15) is 4.98 Å². The van der Waals surface area contributed by atoms with Crippen LogP contribution in [0.15, 0.2) is 6.33 Å². The van der Waals surface area contributed by atoms with Gasteiger partial charge in [0, 0.05) is 0 Å². The van der Waals surface area contributed by atoms with Crippen molar-refractivity contribution >= 4 is 35.5 Å². The lowest BCUT2D eigenvalue weighted by molar-refractivity contribution is -0.124. The Morgan fingerprint density at radius 3 is 1.25 bits per heavy atom. The largest absolute Gasteiger partial charge is 0.274 e. The Morgan fingerprint density at radius 1 is 0.607 bits per heavy atom. The highest BCUT2D eigenvalue weighted by molar-refractivity contribution is 6.22. The molecule has 0 aromatic carbocycles. The van der Waals surface area contributed by atoms with E-state index in [1.165, 1.54) is 0 Å². The zero-order valence-corrected chi connectivity index (χ0v) is 15.4. The summed E-state index contributed by atoms with van der Waals surface area (Å²) in [5.41, 5.74) is 0. The van der Waals surface area contributed by atoms with E-state index in [-0.39, 0.29) is 59.2 Å². The number of carbonyl (C=O) groups excluding carboxylic acids is 4. The molecule has 0 N–H and O–H groups in total. The van der Waals surface area contributed by atoms with Crippen molar-refractivity contribution in [1.82, 2.24) is 15.0 Å². The predicted octanol–water partition coefficient (Wildman–Crippen LogP) is 1.23. The molecular formula is C19H21N5O4. The molecule has 9 nitrogen and oxygen atoms in total. The quantitative estimate of drug-likeness (QED) is 0.706. The minimum atomic E-state index is -0.320. The van der Waals surface area contributed by atoms with Crippen LogP contribution in [0.1, 0.15) is 51.4 Å². The number of nitrogens with zero attached hydrogens (tertiary/aromatic N) is 5. The van der Waals surface area contributed by atoms with E-state index in [1.54, 1.807) is 0 Å². The molecule has 2 aliphatic carbocycles. The number of amides is 4. The molecule has 4 atom stereocenters. The van der Waals surface area contributed by atoms with E-state index < -0.39 is 0 Å². The second-order valence-electron chi connectivity index (χ2n) is 8.10. The molecule has 0 bridgehead atoms. The molecule has 4 amide bonds. The van der Waals surface area contributed by atoms with Crippen LogP contribution in [0.3, 0.4) is 0 Å². The summed E-state index contributed by atoms with van der Waals surface area (Å²) >= 11 is 0. The third-order valence-corrected chi connectivity index (χ3v) is 6.63. The van der Waals surface area contributed by atoms with Crippen LogP contribution in [0.2, 0.25) is 0 Å². The molecule has 0 radical (unpaired) electrons. The van der Waals surface area contributed by atoms with Gasteiger partial charge in [0.25, 0.3) is 0 Å². The Morgan fingerprint density at radius 2 is 0.929 bits per heavy atom. The first-order valence-corrected chi connectivity index (χ1v) is 10.0. The number of imide groups is 2. The summed E-state index contributed by atoms with van der Waals surface area (Å²) in [4.78, 5) is 65.3. The molecule has 0 spiro atoms. The molecule has 3 heterocycles. The summed E-state index contributed by atoms with van der Waals surface area (Å²) in [6.45, 7) is 0. The van der Waals surface area contributed by atoms with Crippen LogP contribution in [-0.4, -0.2) is 38.6 Å². The van der Waals surface area contributed by atoms with Crippen molar-refractivity contribution < 1.29 is 19.2 Å². The molecule has 146 valence electrons. The summed E-state index contributed by atoms with van der Waals surface area (Å²) in [7, 11) is 0. The van der Waals surface area contributed by atoms with Gasteiger partial charge in [-0.25, -0.2) is 19.8 Å².